The predicted octanol–water partition coefficient (Wildman–Crippen LogP) is 5.83. The van der Waals surface area contributed by atoms with Gasteiger partial charge in [0.15, 0.2) is 11.5 Å². The molecule has 24 heavy (non-hydrogen) atoms. The lowest BCUT2D eigenvalue weighted by molar-refractivity contribution is 0.223. The average molecular weight is 356 g/mol. The fraction of sp³-hybridized carbons (Fsp3) is 0.700. The average Bonchev–Trinajstić information content (AvgIpc) is 2.37. The molecule has 138 valence electrons. The van der Waals surface area contributed by atoms with E-state index in [0.717, 1.165) is 17.7 Å². The van der Waals surface area contributed by atoms with Gasteiger partial charge in [0.2, 0.25) is 0 Å². The van der Waals surface area contributed by atoms with Crippen LogP contribution in [0.5, 0.6) is 11.5 Å². The van der Waals surface area contributed by atoms with Gasteiger partial charge in [0.05, 0.1) is 12.7 Å². The van der Waals surface area contributed by atoms with E-state index in [-0.39, 0.29) is 17.1 Å². The van der Waals surface area contributed by atoms with Crippen molar-refractivity contribution in [2.45, 2.75) is 80.0 Å². The second kappa shape index (κ2) is 8.44. The van der Waals surface area contributed by atoms with Crippen molar-refractivity contribution < 1.29 is 9.47 Å². The maximum Gasteiger partial charge on any atom is 0.163 e. The third-order valence-electron chi connectivity index (χ3n) is 3.50. The molecular formula is C20H34ClNO2. The highest BCUT2D eigenvalue weighted by molar-refractivity contribution is 6.31. The van der Waals surface area contributed by atoms with Crippen molar-refractivity contribution in [2.75, 3.05) is 6.61 Å². The molecule has 3 nitrogen and oxygen atoms in total. The lowest BCUT2D eigenvalue weighted by Gasteiger charge is -2.33. The van der Waals surface area contributed by atoms with Gasteiger partial charge in [0, 0.05) is 23.2 Å². The van der Waals surface area contributed by atoms with E-state index in [4.69, 9.17) is 21.1 Å². The Hall–Kier alpha value is -0.930. The van der Waals surface area contributed by atoms with E-state index < -0.39 is 0 Å². The standard InChI is InChI=1S/C20H34ClNO2/c1-9-23-17-10-15(16(21)11-18(17)24-14(2)3)12-22-20(7,8)13-19(4,5)6/h10-11,14,22H,9,12-13H2,1-8H3. The Morgan fingerprint density at radius 3 is 2.21 bits per heavy atom. The van der Waals surface area contributed by atoms with E-state index in [1.165, 1.54) is 0 Å². The van der Waals surface area contributed by atoms with Crippen molar-refractivity contribution in [2.24, 2.45) is 5.41 Å². The Bertz CT molecular complexity index is 533. The molecule has 0 atom stereocenters. The highest BCUT2D eigenvalue weighted by Crippen LogP contribution is 2.35. The summed E-state index contributed by atoms with van der Waals surface area (Å²) >= 11 is 6.47. The monoisotopic (exact) mass is 355 g/mol. The molecule has 0 bridgehead atoms. The van der Waals surface area contributed by atoms with Crippen LogP contribution in [0.3, 0.4) is 0 Å². The van der Waals surface area contributed by atoms with Crippen molar-refractivity contribution in [1.82, 2.24) is 5.32 Å². The number of ether oxygens (including phenoxy) is 2. The smallest absolute Gasteiger partial charge is 0.163 e. The van der Waals surface area contributed by atoms with Crippen LogP contribution in [-0.4, -0.2) is 18.2 Å². The van der Waals surface area contributed by atoms with Crippen molar-refractivity contribution in [3.05, 3.63) is 22.7 Å². The van der Waals surface area contributed by atoms with Gasteiger partial charge in [-0.1, -0.05) is 32.4 Å². The Kier molecular flexibility index (Phi) is 7.43. The number of hydrogen-bond donors (Lipinski definition) is 1. The van der Waals surface area contributed by atoms with Crippen molar-refractivity contribution >= 4 is 11.6 Å². The van der Waals surface area contributed by atoms with Crippen LogP contribution in [0.2, 0.25) is 5.02 Å². The molecule has 1 N–H and O–H groups in total. The van der Waals surface area contributed by atoms with Crippen molar-refractivity contribution in [1.29, 1.82) is 0 Å². The summed E-state index contributed by atoms with van der Waals surface area (Å²) in [4.78, 5) is 0. The maximum absolute atomic E-state index is 6.47. The number of hydrogen-bond acceptors (Lipinski definition) is 3. The summed E-state index contributed by atoms with van der Waals surface area (Å²) in [5, 5.41) is 4.32. The Labute approximate surface area is 153 Å². The Morgan fingerprint density at radius 2 is 1.71 bits per heavy atom. The largest absolute Gasteiger partial charge is 0.490 e. The summed E-state index contributed by atoms with van der Waals surface area (Å²) in [6, 6.07) is 3.85. The SMILES string of the molecule is CCOc1cc(CNC(C)(C)CC(C)(C)C)c(Cl)cc1OC(C)C. The van der Waals surface area contributed by atoms with Gasteiger partial charge in [-0.15, -0.1) is 0 Å². The van der Waals surface area contributed by atoms with Crippen molar-refractivity contribution in [3.63, 3.8) is 0 Å². The lowest BCUT2D eigenvalue weighted by Crippen LogP contribution is -2.41. The van der Waals surface area contributed by atoms with Crippen LogP contribution in [0, 0.1) is 5.41 Å². The van der Waals surface area contributed by atoms with Crippen LogP contribution >= 0.6 is 11.6 Å². The predicted molar refractivity (Wildman–Crippen MR) is 103 cm³/mol. The van der Waals surface area contributed by atoms with Crippen LogP contribution in [0.25, 0.3) is 0 Å². The zero-order chi connectivity index (χ0) is 18.5. The molecular weight excluding hydrogens is 322 g/mol. The van der Waals surface area contributed by atoms with Crippen LogP contribution in [0.15, 0.2) is 12.1 Å². The first-order chi connectivity index (χ1) is 10.9. The number of nitrogens with one attached hydrogen (secondary N) is 1. The molecule has 0 aliphatic rings. The lowest BCUT2D eigenvalue weighted by atomic mass is 9.82. The minimum atomic E-state index is 0.0282. The number of benzene rings is 1. The van der Waals surface area contributed by atoms with E-state index in [2.05, 4.69) is 39.9 Å². The van der Waals surface area contributed by atoms with E-state index >= 15 is 0 Å². The molecule has 1 aromatic rings. The van der Waals surface area contributed by atoms with Crippen LogP contribution in [-0.2, 0) is 6.54 Å². The van der Waals surface area contributed by atoms with Crippen LogP contribution in [0.1, 0.15) is 67.4 Å². The summed E-state index contributed by atoms with van der Waals surface area (Å²) in [6.45, 7) is 18.5. The maximum atomic E-state index is 6.47. The number of rotatable bonds is 8. The Balaban J connectivity index is 2.93. The van der Waals surface area contributed by atoms with Gasteiger partial charge < -0.3 is 14.8 Å². The molecule has 0 fully saturated rings. The van der Waals surface area contributed by atoms with Gasteiger partial charge in [-0.05, 0) is 58.1 Å². The van der Waals surface area contributed by atoms with Crippen LogP contribution in [0.4, 0.5) is 0 Å². The molecule has 0 amide bonds. The molecule has 0 radical (unpaired) electrons. The second-order valence-corrected chi connectivity index (χ2v) is 8.87. The molecule has 0 saturated heterocycles. The zero-order valence-corrected chi connectivity index (χ0v) is 17.3. The molecule has 0 heterocycles. The summed E-state index contributed by atoms with van der Waals surface area (Å²) in [7, 11) is 0. The molecule has 0 unspecified atom stereocenters. The van der Waals surface area contributed by atoms with Gasteiger partial charge >= 0.3 is 0 Å². The molecule has 0 aliphatic carbocycles. The molecule has 0 aromatic heterocycles. The van der Waals surface area contributed by atoms with Gasteiger partial charge in [0.1, 0.15) is 0 Å². The van der Waals surface area contributed by atoms with Crippen LogP contribution < -0.4 is 14.8 Å². The third kappa shape index (κ3) is 7.31. The van der Waals surface area contributed by atoms with E-state index in [1.54, 1.807) is 0 Å². The van der Waals surface area contributed by atoms with Gasteiger partial charge in [-0.2, -0.15) is 0 Å². The fourth-order valence-corrected chi connectivity index (χ4v) is 3.27. The minimum Gasteiger partial charge on any atom is -0.490 e. The molecule has 0 aliphatic heterocycles. The molecule has 0 saturated carbocycles. The van der Waals surface area contributed by atoms with Crippen molar-refractivity contribution in [3.8, 4) is 11.5 Å². The van der Waals surface area contributed by atoms with E-state index in [0.29, 0.717) is 23.9 Å². The quantitative estimate of drug-likeness (QED) is 0.636. The van der Waals surface area contributed by atoms with Gasteiger partial charge in [0.25, 0.3) is 0 Å². The highest BCUT2D eigenvalue weighted by Gasteiger charge is 2.25. The molecule has 1 rings (SSSR count). The first-order valence-corrected chi connectivity index (χ1v) is 9.18. The Morgan fingerprint density at radius 1 is 1.08 bits per heavy atom. The fourth-order valence-electron chi connectivity index (χ4n) is 3.05. The normalized spacial score (nSPS) is 12.6. The number of halogens is 1. The minimum absolute atomic E-state index is 0.0282. The summed E-state index contributed by atoms with van der Waals surface area (Å²) in [5.74, 6) is 1.45. The van der Waals surface area contributed by atoms with Gasteiger partial charge in [-0.25, -0.2) is 0 Å². The first-order valence-electron chi connectivity index (χ1n) is 8.80. The summed E-state index contributed by atoms with van der Waals surface area (Å²) in [5.41, 5.74) is 1.32. The highest BCUT2D eigenvalue weighted by atomic mass is 35.5. The second-order valence-electron chi connectivity index (χ2n) is 8.46. The summed E-state index contributed by atoms with van der Waals surface area (Å²) in [6.07, 6.45) is 1.15. The third-order valence-corrected chi connectivity index (χ3v) is 3.86. The van der Waals surface area contributed by atoms with E-state index in [9.17, 15) is 0 Å². The summed E-state index contributed by atoms with van der Waals surface area (Å²) < 4.78 is 11.5. The first kappa shape index (κ1) is 21.1. The molecule has 4 heteroatoms. The van der Waals surface area contributed by atoms with Gasteiger partial charge in [-0.3, -0.25) is 0 Å². The molecule has 0 spiro atoms. The molecule has 1 aromatic carbocycles. The zero-order valence-electron chi connectivity index (χ0n) is 16.5. The topological polar surface area (TPSA) is 30.5 Å². The van der Waals surface area contributed by atoms with E-state index in [1.807, 2.05) is 32.9 Å².